The lowest BCUT2D eigenvalue weighted by atomic mass is 9.71. The number of rotatable bonds is 7. The molecule has 2 bridgehead atoms. The van der Waals surface area contributed by atoms with E-state index in [9.17, 15) is 9.59 Å². The van der Waals surface area contributed by atoms with Gasteiger partial charge in [0.15, 0.2) is 0 Å². The maximum Gasteiger partial charge on any atom is 0.233 e. The second kappa shape index (κ2) is 8.24. The summed E-state index contributed by atoms with van der Waals surface area (Å²) in [6.45, 7) is 1.65. The topological polar surface area (TPSA) is 71.4 Å². The first-order valence-electron chi connectivity index (χ1n) is 12.0. The molecule has 4 aliphatic rings. The Morgan fingerprint density at radius 3 is 2.38 bits per heavy atom. The van der Waals surface area contributed by atoms with Gasteiger partial charge in [0.05, 0.1) is 17.5 Å². The van der Waals surface area contributed by atoms with Gasteiger partial charge >= 0.3 is 0 Å². The molecule has 0 radical (unpaired) electrons. The summed E-state index contributed by atoms with van der Waals surface area (Å²) in [5.41, 5.74) is 3.01. The first-order valence-corrected chi connectivity index (χ1v) is 12.0. The Bertz CT molecular complexity index is 1130. The standard InChI is InChI=1S/C27H29N3O4/c1-29(2)12-13-30-26(31)21-19-14-20(22(21)27(30)32)25-23(19)24(28-34-25)17-8-10-18(11-9-17)33-15-16-6-4-3-5-7-16/h3-11,19-23,25H,12-15H2,1-2H3. The molecule has 34 heavy (non-hydrogen) atoms. The Balaban J connectivity index is 1.17. The Morgan fingerprint density at radius 1 is 0.971 bits per heavy atom. The van der Waals surface area contributed by atoms with Crippen LogP contribution in [-0.4, -0.2) is 60.6 Å². The number of likely N-dealkylation sites (N-methyl/N-ethyl adjacent to an activating group) is 1. The van der Waals surface area contributed by atoms with Gasteiger partial charge in [-0.05, 0) is 56.3 Å². The number of nitrogens with zero attached hydrogens (tertiary/aromatic N) is 3. The highest BCUT2D eigenvalue weighted by atomic mass is 16.6. The van der Waals surface area contributed by atoms with Crippen molar-refractivity contribution in [1.29, 1.82) is 0 Å². The number of carbonyl (C=O) groups is 2. The summed E-state index contributed by atoms with van der Waals surface area (Å²) in [4.78, 5) is 35.8. The van der Waals surface area contributed by atoms with Crippen LogP contribution in [0, 0.1) is 29.6 Å². The molecule has 6 rings (SSSR count). The molecule has 3 fully saturated rings. The summed E-state index contributed by atoms with van der Waals surface area (Å²) in [5.74, 6) is 0.535. The smallest absolute Gasteiger partial charge is 0.233 e. The van der Waals surface area contributed by atoms with Gasteiger partial charge in [0.25, 0.3) is 0 Å². The Kier molecular flexibility index (Phi) is 5.17. The molecule has 2 aromatic carbocycles. The van der Waals surface area contributed by atoms with E-state index in [1.54, 1.807) is 0 Å². The summed E-state index contributed by atoms with van der Waals surface area (Å²) < 4.78 is 5.92. The van der Waals surface area contributed by atoms with E-state index >= 15 is 0 Å². The minimum atomic E-state index is -0.246. The predicted molar refractivity (Wildman–Crippen MR) is 126 cm³/mol. The monoisotopic (exact) mass is 459 g/mol. The number of likely N-dealkylation sites (tertiary alicyclic amines) is 1. The van der Waals surface area contributed by atoms with Gasteiger partial charge in [-0.3, -0.25) is 14.5 Å². The van der Waals surface area contributed by atoms with Crippen LogP contribution in [0.25, 0.3) is 0 Å². The third kappa shape index (κ3) is 3.33. The van der Waals surface area contributed by atoms with E-state index in [1.807, 2.05) is 73.6 Å². The number of carbonyl (C=O) groups excluding carboxylic acids is 2. The number of hydrogen-bond donors (Lipinski definition) is 0. The van der Waals surface area contributed by atoms with Crippen molar-refractivity contribution in [3.8, 4) is 5.75 Å². The van der Waals surface area contributed by atoms with E-state index in [-0.39, 0.29) is 47.5 Å². The summed E-state index contributed by atoms with van der Waals surface area (Å²) in [5, 5.41) is 4.44. The molecule has 0 N–H and O–H groups in total. The molecule has 0 aromatic heterocycles. The summed E-state index contributed by atoms with van der Waals surface area (Å²) >= 11 is 0. The van der Waals surface area contributed by atoms with Crippen molar-refractivity contribution in [2.45, 2.75) is 19.1 Å². The molecule has 2 saturated carbocycles. The number of fused-ring (bicyclic) bond motifs is 8. The van der Waals surface area contributed by atoms with E-state index in [1.165, 1.54) is 4.90 Å². The van der Waals surface area contributed by atoms with Crippen LogP contribution < -0.4 is 4.74 Å². The second-order valence-electron chi connectivity index (χ2n) is 10.1. The minimum Gasteiger partial charge on any atom is -0.489 e. The molecular weight excluding hydrogens is 430 g/mol. The van der Waals surface area contributed by atoms with E-state index in [4.69, 9.17) is 9.57 Å². The minimum absolute atomic E-state index is 0.00119. The van der Waals surface area contributed by atoms with E-state index in [2.05, 4.69) is 5.16 Å². The lowest BCUT2D eigenvalue weighted by Gasteiger charge is -2.29. The second-order valence-corrected chi connectivity index (χ2v) is 10.1. The van der Waals surface area contributed by atoms with Crippen molar-refractivity contribution in [2.75, 3.05) is 27.2 Å². The average Bonchev–Trinajstić information content (AvgIpc) is 3.58. The van der Waals surface area contributed by atoms with Gasteiger partial charge in [0, 0.05) is 30.5 Å². The number of oxime groups is 1. The number of hydrogen-bond acceptors (Lipinski definition) is 6. The molecule has 2 heterocycles. The van der Waals surface area contributed by atoms with Crippen LogP contribution in [0.2, 0.25) is 0 Å². The van der Waals surface area contributed by atoms with Crippen LogP contribution in [0.4, 0.5) is 0 Å². The third-order valence-corrected chi connectivity index (χ3v) is 7.95. The van der Waals surface area contributed by atoms with Crippen LogP contribution in [-0.2, 0) is 21.0 Å². The largest absolute Gasteiger partial charge is 0.489 e. The fourth-order valence-electron chi connectivity index (χ4n) is 6.41. The number of imide groups is 1. The van der Waals surface area contributed by atoms with Crippen LogP contribution in [0.1, 0.15) is 17.5 Å². The quantitative estimate of drug-likeness (QED) is 0.596. The Hall–Kier alpha value is -3.19. The van der Waals surface area contributed by atoms with Gasteiger partial charge in [0.2, 0.25) is 11.8 Å². The van der Waals surface area contributed by atoms with Crippen LogP contribution in [0.5, 0.6) is 5.75 Å². The highest BCUT2D eigenvalue weighted by molar-refractivity contribution is 6.09. The van der Waals surface area contributed by atoms with E-state index in [0.717, 1.165) is 29.0 Å². The molecule has 176 valence electrons. The zero-order chi connectivity index (χ0) is 23.4. The number of benzene rings is 2. The predicted octanol–water partition coefficient (Wildman–Crippen LogP) is 2.80. The van der Waals surface area contributed by atoms with Gasteiger partial charge in [-0.15, -0.1) is 0 Å². The normalized spacial score (nSPS) is 31.0. The Morgan fingerprint density at radius 2 is 1.68 bits per heavy atom. The zero-order valence-electron chi connectivity index (χ0n) is 19.5. The molecule has 2 aromatic rings. The molecule has 1 saturated heterocycles. The van der Waals surface area contributed by atoms with E-state index < -0.39 is 0 Å². The van der Waals surface area contributed by atoms with Crippen molar-refractivity contribution in [1.82, 2.24) is 9.80 Å². The lowest BCUT2D eigenvalue weighted by Crippen LogP contribution is -2.41. The molecule has 6 atom stereocenters. The molecule has 2 amide bonds. The van der Waals surface area contributed by atoms with Crippen LogP contribution in [0.3, 0.4) is 0 Å². The van der Waals surface area contributed by atoms with Crippen LogP contribution in [0.15, 0.2) is 59.8 Å². The number of ether oxygens (including phenoxy) is 1. The van der Waals surface area contributed by atoms with Gasteiger partial charge in [0.1, 0.15) is 18.5 Å². The fourth-order valence-corrected chi connectivity index (χ4v) is 6.41. The zero-order valence-corrected chi connectivity index (χ0v) is 19.5. The van der Waals surface area contributed by atoms with Crippen molar-refractivity contribution in [3.05, 3.63) is 65.7 Å². The van der Waals surface area contributed by atoms with Gasteiger partial charge in [-0.2, -0.15) is 0 Å². The summed E-state index contributed by atoms with van der Waals surface area (Å²) in [6.07, 6.45) is 0.752. The molecule has 0 spiro atoms. The molecule has 2 aliphatic heterocycles. The molecule has 6 unspecified atom stereocenters. The SMILES string of the molecule is CN(C)CCN1C(=O)C2C3CC(C4C(c5ccc(OCc6ccccc6)cc5)=NOC34)C2C1=O. The number of amides is 2. The summed E-state index contributed by atoms with van der Waals surface area (Å²) in [6, 6.07) is 18.0. The summed E-state index contributed by atoms with van der Waals surface area (Å²) in [7, 11) is 3.91. The van der Waals surface area contributed by atoms with Crippen molar-refractivity contribution in [3.63, 3.8) is 0 Å². The maximum atomic E-state index is 13.3. The molecule has 7 heteroatoms. The highest BCUT2D eigenvalue weighted by Crippen LogP contribution is 2.61. The van der Waals surface area contributed by atoms with Crippen molar-refractivity contribution in [2.24, 2.45) is 34.7 Å². The Labute approximate surface area is 199 Å². The molecule has 7 nitrogen and oxygen atoms in total. The van der Waals surface area contributed by atoms with Gasteiger partial charge in [-0.25, -0.2) is 0 Å². The van der Waals surface area contributed by atoms with Gasteiger partial charge < -0.3 is 14.5 Å². The third-order valence-electron chi connectivity index (χ3n) is 7.95. The maximum absolute atomic E-state index is 13.3. The average molecular weight is 460 g/mol. The highest BCUT2D eigenvalue weighted by Gasteiger charge is 2.70. The van der Waals surface area contributed by atoms with Crippen molar-refractivity contribution >= 4 is 17.5 Å². The molecular formula is C27H29N3O4. The first kappa shape index (κ1) is 21.4. The molecule has 2 aliphatic carbocycles. The van der Waals surface area contributed by atoms with E-state index in [0.29, 0.717) is 19.7 Å². The van der Waals surface area contributed by atoms with Crippen LogP contribution >= 0.6 is 0 Å². The first-order chi connectivity index (χ1) is 16.5. The van der Waals surface area contributed by atoms with Crippen molar-refractivity contribution < 1.29 is 19.2 Å². The fraction of sp³-hybridized carbons (Fsp3) is 0.444. The lowest BCUT2D eigenvalue weighted by molar-refractivity contribution is -0.141. The van der Waals surface area contributed by atoms with Gasteiger partial charge in [-0.1, -0.05) is 35.5 Å².